The molecule has 0 aliphatic rings. The van der Waals surface area contributed by atoms with Gasteiger partial charge in [-0.15, -0.1) is 0 Å². The van der Waals surface area contributed by atoms with Crippen LogP contribution in [0, 0.1) is 0 Å². The Kier molecular flexibility index (Phi) is 8.91. The molecule has 0 spiro atoms. The van der Waals surface area contributed by atoms with Crippen molar-refractivity contribution in [2.45, 2.75) is 64.8 Å². The van der Waals surface area contributed by atoms with Gasteiger partial charge in [-0.3, -0.25) is 4.79 Å². The number of amides is 2. The first-order valence-corrected chi connectivity index (χ1v) is 10.9. The monoisotopic (exact) mass is 464 g/mol. The minimum atomic E-state index is -4.36. The van der Waals surface area contributed by atoms with Crippen LogP contribution in [-0.2, 0) is 22.1 Å². The molecule has 0 unspecified atom stereocenters. The van der Waals surface area contributed by atoms with Gasteiger partial charge in [0.2, 0.25) is 5.91 Å². The van der Waals surface area contributed by atoms with Crippen LogP contribution in [0.4, 0.5) is 18.0 Å². The fourth-order valence-corrected chi connectivity index (χ4v) is 3.18. The Morgan fingerprint density at radius 1 is 0.939 bits per heavy atom. The van der Waals surface area contributed by atoms with Crippen molar-refractivity contribution in [3.05, 3.63) is 59.7 Å². The molecule has 0 saturated carbocycles. The Labute approximate surface area is 192 Å². The summed E-state index contributed by atoms with van der Waals surface area (Å²) < 4.78 is 43.4. The largest absolute Gasteiger partial charge is 0.444 e. The third-order valence-corrected chi connectivity index (χ3v) is 4.80. The molecule has 0 fully saturated rings. The molecule has 0 radical (unpaired) electrons. The minimum Gasteiger partial charge on any atom is -0.444 e. The first-order valence-electron chi connectivity index (χ1n) is 10.9. The molecule has 2 rings (SSSR count). The third-order valence-electron chi connectivity index (χ3n) is 4.80. The van der Waals surface area contributed by atoms with Crippen molar-refractivity contribution >= 4 is 12.0 Å². The van der Waals surface area contributed by atoms with Gasteiger partial charge in [0.25, 0.3) is 0 Å². The number of halogens is 3. The first kappa shape index (κ1) is 26.2. The summed E-state index contributed by atoms with van der Waals surface area (Å²) in [5.74, 6) is -0.274. The van der Waals surface area contributed by atoms with Crippen molar-refractivity contribution in [3.63, 3.8) is 0 Å². The van der Waals surface area contributed by atoms with E-state index in [4.69, 9.17) is 4.74 Å². The van der Waals surface area contributed by atoms with Crippen molar-refractivity contribution in [1.82, 2.24) is 10.6 Å². The standard InChI is InChI=1S/C25H31F3N2O3/c1-5-6-21(30-23(32)33-24(2,3)4)22(31)29-16-15-17-7-9-18(10-8-17)19-11-13-20(14-12-19)25(26,27)28/h7-14,21H,5-6,15-16H2,1-4H3,(H,29,31)(H,30,32)/t21-/m0/s1. The van der Waals surface area contributed by atoms with Crippen LogP contribution in [0.1, 0.15) is 51.7 Å². The summed E-state index contributed by atoms with van der Waals surface area (Å²) in [5.41, 5.74) is 1.14. The zero-order valence-corrected chi connectivity index (χ0v) is 19.4. The number of nitrogens with one attached hydrogen (secondary N) is 2. The van der Waals surface area contributed by atoms with Crippen LogP contribution in [0.25, 0.3) is 11.1 Å². The molecular weight excluding hydrogens is 433 g/mol. The van der Waals surface area contributed by atoms with Gasteiger partial charge in [0.1, 0.15) is 11.6 Å². The maximum absolute atomic E-state index is 12.7. The van der Waals surface area contributed by atoms with E-state index in [1.165, 1.54) is 12.1 Å². The zero-order chi connectivity index (χ0) is 24.6. The fraction of sp³-hybridized carbons (Fsp3) is 0.440. The minimum absolute atomic E-state index is 0.274. The van der Waals surface area contributed by atoms with Crippen molar-refractivity contribution < 1.29 is 27.5 Å². The lowest BCUT2D eigenvalue weighted by atomic mass is 10.0. The van der Waals surface area contributed by atoms with Gasteiger partial charge < -0.3 is 15.4 Å². The summed E-state index contributed by atoms with van der Waals surface area (Å²) in [4.78, 5) is 24.5. The predicted molar refractivity (Wildman–Crippen MR) is 122 cm³/mol. The molecule has 33 heavy (non-hydrogen) atoms. The quantitative estimate of drug-likeness (QED) is 0.525. The smallest absolute Gasteiger partial charge is 0.416 e. The van der Waals surface area contributed by atoms with Gasteiger partial charge >= 0.3 is 12.3 Å². The summed E-state index contributed by atoms with van der Waals surface area (Å²) >= 11 is 0. The van der Waals surface area contributed by atoms with Crippen LogP contribution in [0.3, 0.4) is 0 Å². The van der Waals surface area contributed by atoms with Crippen LogP contribution >= 0.6 is 0 Å². The maximum atomic E-state index is 12.7. The number of rotatable bonds is 8. The van der Waals surface area contributed by atoms with Crippen molar-refractivity contribution in [2.24, 2.45) is 0 Å². The molecule has 0 aliphatic heterocycles. The highest BCUT2D eigenvalue weighted by atomic mass is 19.4. The molecule has 180 valence electrons. The van der Waals surface area contributed by atoms with Crippen LogP contribution < -0.4 is 10.6 Å². The molecule has 2 aromatic rings. The van der Waals surface area contributed by atoms with E-state index in [0.717, 1.165) is 29.7 Å². The number of benzene rings is 2. The van der Waals surface area contributed by atoms with Gasteiger partial charge in [0.05, 0.1) is 5.56 Å². The van der Waals surface area contributed by atoms with Crippen LogP contribution in [-0.4, -0.2) is 30.2 Å². The zero-order valence-electron chi connectivity index (χ0n) is 19.4. The van der Waals surface area contributed by atoms with E-state index in [9.17, 15) is 22.8 Å². The molecule has 2 aromatic carbocycles. The molecule has 0 saturated heterocycles. The molecule has 8 heteroatoms. The average Bonchev–Trinajstić information content (AvgIpc) is 2.72. The second-order valence-corrected chi connectivity index (χ2v) is 8.80. The summed E-state index contributed by atoms with van der Waals surface area (Å²) in [6.07, 6.45) is -3.20. The van der Waals surface area contributed by atoms with Crippen molar-refractivity contribution in [2.75, 3.05) is 6.54 Å². The normalized spacial score (nSPS) is 12.7. The number of carbonyl (C=O) groups is 2. The highest BCUT2D eigenvalue weighted by molar-refractivity contribution is 5.85. The molecule has 5 nitrogen and oxygen atoms in total. The van der Waals surface area contributed by atoms with Gasteiger partial charge in [-0.1, -0.05) is 49.7 Å². The van der Waals surface area contributed by atoms with E-state index < -0.39 is 29.5 Å². The molecule has 0 aromatic heterocycles. The molecule has 0 bridgehead atoms. The van der Waals surface area contributed by atoms with Gasteiger partial charge in [-0.05, 0) is 62.4 Å². The highest BCUT2D eigenvalue weighted by Gasteiger charge is 2.30. The maximum Gasteiger partial charge on any atom is 0.416 e. The van der Waals surface area contributed by atoms with E-state index in [1.54, 1.807) is 20.8 Å². The van der Waals surface area contributed by atoms with E-state index >= 15 is 0 Å². The van der Waals surface area contributed by atoms with Crippen LogP contribution in [0.2, 0.25) is 0 Å². The summed E-state index contributed by atoms with van der Waals surface area (Å²) in [6.45, 7) is 7.57. The van der Waals surface area contributed by atoms with E-state index in [1.807, 2.05) is 31.2 Å². The van der Waals surface area contributed by atoms with E-state index in [2.05, 4.69) is 10.6 Å². The number of hydrogen-bond donors (Lipinski definition) is 2. The Bertz CT molecular complexity index is 918. The summed E-state index contributed by atoms with van der Waals surface area (Å²) in [7, 11) is 0. The second kappa shape index (κ2) is 11.2. The molecule has 2 amide bonds. The van der Waals surface area contributed by atoms with Crippen LogP contribution in [0.15, 0.2) is 48.5 Å². The number of hydrogen-bond acceptors (Lipinski definition) is 3. The van der Waals surface area contributed by atoms with Gasteiger partial charge in [0, 0.05) is 6.54 Å². The lowest BCUT2D eigenvalue weighted by Gasteiger charge is -2.23. The molecular formula is C25H31F3N2O3. The van der Waals surface area contributed by atoms with E-state index in [0.29, 0.717) is 24.9 Å². The van der Waals surface area contributed by atoms with Crippen LogP contribution in [0.5, 0.6) is 0 Å². The predicted octanol–water partition coefficient (Wildman–Crippen LogP) is 5.72. The lowest BCUT2D eigenvalue weighted by Crippen LogP contribution is -2.48. The molecule has 0 heterocycles. The number of alkyl carbamates (subject to hydrolysis) is 1. The Hall–Kier alpha value is -3.03. The molecule has 2 N–H and O–H groups in total. The Morgan fingerprint density at radius 2 is 1.48 bits per heavy atom. The first-order chi connectivity index (χ1) is 15.4. The van der Waals surface area contributed by atoms with Gasteiger partial charge in [-0.25, -0.2) is 4.79 Å². The SMILES string of the molecule is CCC[C@H](NC(=O)OC(C)(C)C)C(=O)NCCc1ccc(-c2ccc(C(F)(F)F)cc2)cc1. The Balaban J connectivity index is 1.88. The summed E-state index contributed by atoms with van der Waals surface area (Å²) in [6, 6.07) is 11.8. The number of ether oxygens (including phenoxy) is 1. The highest BCUT2D eigenvalue weighted by Crippen LogP contribution is 2.31. The average molecular weight is 465 g/mol. The Morgan fingerprint density at radius 3 is 1.97 bits per heavy atom. The van der Waals surface area contributed by atoms with Gasteiger partial charge in [-0.2, -0.15) is 13.2 Å². The van der Waals surface area contributed by atoms with Crippen molar-refractivity contribution in [1.29, 1.82) is 0 Å². The van der Waals surface area contributed by atoms with Crippen molar-refractivity contribution in [3.8, 4) is 11.1 Å². The lowest BCUT2D eigenvalue weighted by molar-refractivity contribution is -0.137. The number of alkyl halides is 3. The molecule has 0 aliphatic carbocycles. The fourth-order valence-electron chi connectivity index (χ4n) is 3.18. The second-order valence-electron chi connectivity index (χ2n) is 8.80. The topological polar surface area (TPSA) is 67.4 Å². The number of carbonyl (C=O) groups excluding carboxylic acids is 2. The van der Waals surface area contributed by atoms with E-state index in [-0.39, 0.29) is 5.91 Å². The van der Waals surface area contributed by atoms with Gasteiger partial charge in [0.15, 0.2) is 0 Å². The summed E-state index contributed by atoms with van der Waals surface area (Å²) in [5, 5.41) is 5.45. The molecule has 1 atom stereocenters. The third kappa shape index (κ3) is 8.79.